The molecule has 3 N–H and O–H groups in total. The molecule has 0 amide bonds. The lowest BCUT2D eigenvalue weighted by atomic mass is 10.0. The van der Waals surface area contributed by atoms with Gasteiger partial charge in [0, 0.05) is 42.9 Å². The maximum Gasteiger partial charge on any atom is 0.419 e. The first-order valence-corrected chi connectivity index (χ1v) is 10.5. The summed E-state index contributed by atoms with van der Waals surface area (Å²) >= 11 is 0. The predicted molar refractivity (Wildman–Crippen MR) is 113 cm³/mol. The second-order valence-corrected chi connectivity index (χ2v) is 8.17. The molecule has 1 saturated heterocycles. The van der Waals surface area contributed by atoms with Crippen LogP contribution >= 0.6 is 0 Å². The number of aromatic nitrogens is 4. The molecule has 33 heavy (non-hydrogen) atoms. The van der Waals surface area contributed by atoms with Crippen molar-refractivity contribution in [2.75, 3.05) is 18.4 Å². The Hall–Kier alpha value is -3.31. The Morgan fingerprint density at radius 1 is 1.18 bits per heavy atom. The second kappa shape index (κ2) is 8.23. The summed E-state index contributed by atoms with van der Waals surface area (Å²) in [6.07, 6.45) is -0.322. The van der Waals surface area contributed by atoms with E-state index in [0.29, 0.717) is 54.1 Å². The number of fused-ring (bicyclic) bond motifs is 1. The molecule has 1 aliphatic heterocycles. The van der Waals surface area contributed by atoms with Gasteiger partial charge in [-0.2, -0.15) is 13.2 Å². The van der Waals surface area contributed by atoms with Crippen LogP contribution in [0.25, 0.3) is 16.8 Å². The average Bonchev–Trinajstić information content (AvgIpc) is 3.38. The zero-order valence-electron chi connectivity index (χ0n) is 17.6. The van der Waals surface area contributed by atoms with Crippen molar-refractivity contribution >= 4 is 11.5 Å². The number of β-amino-alcohol motifs (C(OH)–C–C–N with tert-alkyl or cyclic N) is 1. The maximum atomic E-state index is 13.8. The molecule has 5 rings (SSSR count). The maximum absolute atomic E-state index is 13.8. The van der Waals surface area contributed by atoms with E-state index >= 15 is 0 Å². The van der Waals surface area contributed by atoms with E-state index < -0.39 is 17.8 Å². The molecule has 11 heteroatoms. The fourth-order valence-electron chi connectivity index (χ4n) is 4.20. The van der Waals surface area contributed by atoms with Crippen LogP contribution in [0, 0.1) is 6.92 Å². The third-order valence-corrected chi connectivity index (χ3v) is 5.80. The minimum absolute atomic E-state index is 0.0814. The number of allylic oxidation sites excluding steroid dienone is 1. The molecule has 3 aromatic heterocycles. The third kappa shape index (κ3) is 4.21. The summed E-state index contributed by atoms with van der Waals surface area (Å²) in [5.74, 6) is 0.0814. The van der Waals surface area contributed by atoms with Crippen LogP contribution in [0.2, 0.25) is 0 Å². The summed E-state index contributed by atoms with van der Waals surface area (Å²) in [5, 5.41) is 19.8. The van der Waals surface area contributed by atoms with E-state index in [4.69, 9.17) is 4.52 Å². The molecule has 172 valence electrons. The Kier molecular flexibility index (Phi) is 5.37. The van der Waals surface area contributed by atoms with Gasteiger partial charge in [-0.25, -0.2) is 9.97 Å². The van der Waals surface area contributed by atoms with Crippen molar-refractivity contribution in [3.05, 3.63) is 58.9 Å². The summed E-state index contributed by atoms with van der Waals surface area (Å²) in [7, 11) is 0. The largest absolute Gasteiger partial charge is 0.419 e. The van der Waals surface area contributed by atoms with Crippen molar-refractivity contribution in [3.8, 4) is 11.3 Å². The number of aliphatic hydroxyl groups is 1. The topological polar surface area (TPSA) is 109 Å². The van der Waals surface area contributed by atoms with Gasteiger partial charge in [-0.15, -0.1) is 0 Å². The first-order valence-electron chi connectivity index (χ1n) is 10.5. The number of aliphatic hydroxyl groups excluding tert-OH is 1. The normalized spacial score (nSPS) is 20.5. The van der Waals surface area contributed by atoms with Crippen LogP contribution in [0.3, 0.4) is 0 Å². The van der Waals surface area contributed by atoms with Gasteiger partial charge in [-0.3, -0.25) is 4.98 Å². The molecule has 0 saturated carbocycles. The van der Waals surface area contributed by atoms with Crippen molar-refractivity contribution in [2.45, 2.75) is 38.1 Å². The lowest BCUT2D eigenvalue weighted by molar-refractivity contribution is -0.138. The van der Waals surface area contributed by atoms with E-state index in [2.05, 4.69) is 30.7 Å². The van der Waals surface area contributed by atoms with E-state index in [-0.39, 0.29) is 17.7 Å². The van der Waals surface area contributed by atoms with Crippen LogP contribution in [0.1, 0.15) is 34.6 Å². The molecule has 1 aliphatic carbocycles. The Balaban J connectivity index is 1.50. The molecule has 2 atom stereocenters. The minimum Gasteiger partial charge on any atom is -0.392 e. The van der Waals surface area contributed by atoms with E-state index in [0.717, 1.165) is 11.8 Å². The van der Waals surface area contributed by atoms with E-state index in [1.54, 1.807) is 25.1 Å². The predicted octanol–water partition coefficient (Wildman–Crippen LogP) is 2.98. The van der Waals surface area contributed by atoms with Gasteiger partial charge in [0.2, 0.25) is 5.95 Å². The van der Waals surface area contributed by atoms with Crippen LogP contribution in [0.5, 0.6) is 0 Å². The smallest absolute Gasteiger partial charge is 0.392 e. The number of hydrogen-bond acceptors (Lipinski definition) is 8. The quantitative estimate of drug-likeness (QED) is 0.548. The molecule has 0 spiro atoms. The van der Waals surface area contributed by atoms with Crippen molar-refractivity contribution < 1.29 is 22.8 Å². The van der Waals surface area contributed by atoms with Gasteiger partial charge in [0.25, 0.3) is 0 Å². The first-order chi connectivity index (χ1) is 15.8. The second-order valence-electron chi connectivity index (χ2n) is 8.17. The number of anilines is 1. The number of pyridine rings is 1. The molecule has 0 radical (unpaired) electrons. The lowest BCUT2D eigenvalue weighted by Gasteiger charge is -2.27. The third-order valence-electron chi connectivity index (χ3n) is 5.80. The highest BCUT2D eigenvalue weighted by atomic mass is 19.4. The molecule has 0 aromatic carbocycles. The Labute approximate surface area is 187 Å². The molecule has 1 fully saturated rings. The highest BCUT2D eigenvalue weighted by molar-refractivity contribution is 5.84. The molecular formula is C22H21F3N6O2. The monoisotopic (exact) mass is 458 g/mol. The van der Waals surface area contributed by atoms with Crippen LogP contribution in [-0.4, -0.2) is 50.5 Å². The zero-order valence-corrected chi connectivity index (χ0v) is 17.6. The van der Waals surface area contributed by atoms with Crippen molar-refractivity contribution in [1.29, 1.82) is 0 Å². The molecule has 3 aromatic rings. The van der Waals surface area contributed by atoms with Crippen molar-refractivity contribution in [2.24, 2.45) is 0 Å². The SMILES string of the molecule is Cc1nocc1-c1ccc2c(n1)CC=C2c1nc(N[C@@H]2CNC[C@H](O)C2)ncc1C(F)(F)F. The standard InChI is InChI=1S/C22H21F3N6O2/c1-11-16(10-33-31-11)19-4-2-14-15(3-5-18(14)29-19)20-17(22(23,24)25)9-27-21(30-20)28-12-6-13(32)8-26-7-12/h2-4,9-10,12-13,26,32H,5-8H2,1H3,(H,27,28,30)/t12-,13+/m0/s1. The summed E-state index contributed by atoms with van der Waals surface area (Å²) in [5.41, 5.74) is 2.58. The number of rotatable bonds is 4. The number of nitrogens with zero attached hydrogens (tertiary/aromatic N) is 4. The lowest BCUT2D eigenvalue weighted by Crippen LogP contribution is -2.46. The van der Waals surface area contributed by atoms with Gasteiger partial charge >= 0.3 is 6.18 Å². The molecule has 0 unspecified atom stereocenters. The zero-order chi connectivity index (χ0) is 23.2. The number of piperidine rings is 1. The van der Waals surface area contributed by atoms with Gasteiger partial charge in [0.05, 0.1) is 34.4 Å². The van der Waals surface area contributed by atoms with E-state index in [1.165, 1.54) is 6.26 Å². The number of alkyl halides is 3. The van der Waals surface area contributed by atoms with Gasteiger partial charge in [0.1, 0.15) is 11.8 Å². The molecule has 2 aliphatic rings. The fraction of sp³-hybridized carbons (Fsp3) is 0.364. The number of hydrogen-bond donors (Lipinski definition) is 3. The van der Waals surface area contributed by atoms with Crippen LogP contribution in [0.15, 0.2) is 35.2 Å². The minimum atomic E-state index is -4.62. The summed E-state index contributed by atoms with van der Waals surface area (Å²) in [6, 6.07) is 3.29. The highest BCUT2D eigenvalue weighted by Crippen LogP contribution is 2.40. The van der Waals surface area contributed by atoms with Crippen LogP contribution < -0.4 is 10.6 Å². The Morgan fingerprint density at radius 3 is 2.76 bits per heavy atom. The number of aryl methyl sites for hydroxylation is 1. The van der Waals surface area contributed by atoms with Gasteiger partial charge < -0.3 is 20.3 Å². The van der Waals surface area contributed by atoms with Gasteiger partial charge in [-0.05, 0) is 19.4 Å². The van der Waals surface area contributed by atoms with Gasteiger partial charge in [-0.1, -0.05) is 17.3 Å². The highest BCUT2D eigenvalue weighted by Gasteiger charge is 2.37. The molecule has 8 nitrogen and oxygen atoms in total. The first kappa shape index (κ1) is 21.5. The number of nitrogens with one attached hydrogen (secondary N) is 2. The van der Waals surface area contributed by atoms with Crippen LogP contribution in [-0.2, 0) is 12.6 Å². The Morgan fingerprint density at radius 2 is 2.03 bits per heavy atom. The summed E-state index contributed by atoms with van der Waals surface area (Å²) < 4.78 is 46.4. The fourth-order valence-corrected chi connectivity index (χ4v) is 4.20. The van der Waals surface area contributed by atoms with E-state index in [9.17, 15) is 18.3 Å². The molecular weight excluding hydrogens is 437 g/mol. The molecule has 4 heterocycles. The average molecular weight is 458 g/mol. The van der Waals surface area contributed by atoms with Gasteiger partial charge in [0.15, 0.2) is 0 Å². The van der Waals surface area contributed by atoms with Crippen LogP contribution in [0.4, 0.5) is 19.1 Å². The number of halogens is 3. The molecule has 0 bridgehead atoms. The Bertz CT molecular complexity index is 1220. The van der Waals surface area contributed by atoms with Crippen molar-refractivity contribution in [3.63, 3.8) is 0 Å². The summed E-state index contributed by atoms with van der Waals surface area (Å²) in [6.45, 7) is 2.82. The summed E-state index contributed by atoms with van der Waals surface area (Å²) in [4.78, 5) is 12.8. The van der Waals surface area contributed by atoms with E-state index in [1.807, 2.05) is 0 Å². The van der Waals surface area contributed by atoms with Crippen molar-refractivity contribution in [1.82, 2.24) is 25.4 Å².